The average molecular weight is 208 g/mol. The van der Waals surface area contributed by atoms with Crippen molar-refractivity contribution in [3.05, 3.63) is 12.2 Å². The number of hydrogen-bond acceptors (Lipinski definition) is 1. The Kier molecular flexibility index (Phi) is 1.84. The van der Waals surface area contributed by atoms with Gasteiger partial charge in [0, 0.05) is 6.04 Å². The Labute approximate surface area is 89.9 Å². The van der Waals surface area contributed by atoms with Gasteiger partial charge in [-0.05, 0) is 55.2 Å². The minimum atomic E-state index is 0.473. The maximum absolute atomic E-state index is 5.54. The van der Waals surface area contributed by atoms with Gasteiger partial charge in [-0.1, -0.05) is 12.2 Å². The zero-order chi connectivity index (χ0) is 9.71. The van der Waals surface area contributed by atoms with E-state index in [0.29, 0.717) is 11.2 Å². The normalized spacial score (nSPS) is 48.1. The van der Waals surface area contributed by atoms with E-state index in [1.165, 1.54) is 19.3 Å². The summed E-state index contributed by atoms with van der Waals surface area (Å²) in [5.74, 6) is 3.49. The first-order valence-corrected chi connectivity index (χ1v) is 5.89. The predicted molar refractivity (Wildman–Crippen MR) is 60.7 cm³/mol. The Morgan fingerprint density at radius 2 is 2.21 bits per heavy atom. The molecule has 2 fully saturated rings. The topological polar surface area (TPSA) is 38.0 Å². The molecule has 3 rings (SSSR count). The molecule has 0 heterocycles. The number of nitrogens with two attached hydrogens (primary N) is 1. The minimum absolute atomic E-state index is 0.473. The number of fused-ring (bicyclic) bond motifs is 5. The summed E-state index contributed by atoms with van der Waals surface area (Å²) in [7, 11) is 0. The summed E-state index contributed by atoms with van der Waals surface area (Å²) in [5, 5.41) is 3.73. The maximum Gasteiger partial charge on any atom is 0.163 e. The Morgan fingerprint density at radius 1 is 1.36 bits per heavy atom. The molecule has 0 spiro atoms. The van der Waals surface area contributed by atoms with Gasteiger partial charge in [-0.15, -0.1) is 0 Å². The van der Waals surface area contributed by atoms with Crippen molar-refractivity contribution in [3.63, 3.8) is 0 Å². The van der Waals surface area contributed by atoms with Crippen LogP contribution in [0.2, 0.25) is 0 Å². The summed E-state index contributed by atoms with van der Waals surface area (Å²) in [5.41, 5.74) is 5.54. The van der Waals surface area contributed by atoms with E-state index in [4.69, 9.17) is 18.0 Å². The van der Waals surface area contributed by atoms with Crippen LogP contribution in [0.3, 0.4) is 0 Å². The highest BCUT2D eigenvalue weighted by molar-refractivity contribution is 7.80. The molecule has 5 atom stereocenters. The second-order valence-corrected chi connectivity index (χ2v) is 5.36. The molecule has 14 heavy (non-hydrogen) atoms. The summed E-state index contributed by atoms with van der Waals surface area (Å²) in [6.45, 7) is 0. The fourth-order valence-electron chi connectivity index (χ4n) is 3.89. The van der Waals surface area contributed by atoms with Crippen molar-refractivity contribution >= 4 is 17.3 Å². The van der Waals surface area contributed by atoms with Crippen LogP contribution in [-0.4, -0.2) is 11.2 Å². The molecule has 0 radical (unpaired) electrons. The number of hydrogen-bond donors (Lipinski definition) is 2. The first-order valence-electron chi connectivity index (χ1n) is 5.48. The van der Waals surface area contributed by atoms with Gasteiger partial charge in [0.1, 0.15) is 0 Å². The minimum Gasteiger partial charge on any atom is -0.376 e. The van der Waals surface area contributed by atoms with Crippen LogP contribution in [0.1, 0.15) is 19.3 Å². The summed E-state index contributed by atoms with van der Waals surface area (Å²) >= 11 is 4.92. The number of thiocarbonyl (C=S) groups is 1. The van der Waals surface area contributed by atoms with E-state index in [0.717, 1.165) is 23.7 Å². The maximum atomic E-state index is 5.54. The largest absolute Gasteiger partial charge is 0.376 e. The third kappa shape index (κ3) is 1.11. The lowest BCUT2D eigenvalue weighted by molar-refractivity contribution is 0.246. The molecule has 0 unspecified atom stereocenters. The molecule has 2 saturated carbocycles. The van der Waals surface area contributed by atoms with Crippen LogP contribution in [0.4, 0.5) is 0 Å². The van der Waals surface area contributed by atoms with E-state index < -0.39 is 0 Å². The van der Waals surface area contributed by atoms with Crippen LogP contribution in [0.15, 0.2) is 12.2 Å². The van der Waals surface area contributed by atoms with Gasteiger partial charge >= 0.3 is 0 Å². The van der Waals surface area contributed by atoms with Crippen molar-refractivity contribution < 1.29 is 0 Å². The Morgan fingerprint density at radius 3 is 3.00 bits per heavy atom. The van der Waals surface area contributed by atoms with Gasteiger partial charge in [0.2, 0.25) is 0 Å². The highest BCUT2D eigenvalue weighted by Gasteiger charge is 2.52. The monoisotopic (exact) mass is 208 g/mol. The molecule has 0 saturated heterocycles. The zero-order valence-corrected chi connectivity index (χ0v) is 8.96. The van der Waals surface area contributed by atoms with E-state index in [9.17, 15) is 0 Å². The quantitative estimate of drug-likeness (QED) is 0.505. The van der Waals surface area contributed by atoms with E-state index in [1.54, 1.807) is 0 Å². The molecule has 3 heteroatoms. The standard InChI is InChI=1S/C11H16N2S/c12-11(14)13-10-5-6-4-9(10)8-3-1-2-7(6)8/h1,3,6-10H,2,4-5H2,(H3,12,13,14)/t6-,7-,8-,9+,10-/m1/s1. The second-order valence-electron chi connectivity index (χ2n) is 4.92. The van der Waals surface area contributed by atoms with Crippen molar-refractivity contribution in [3.8, 4) is 0 Å². The molecular formula is C11H16N2S. The molecule has 2 nitrogen and oxygen atoms in total. The molecule has 76 valence electrons. The second kappa shape index (κ2) is 2.96. The number of nitrogens with one attached hydrogen (secondary N) is 1. The van der Waals surface area contributed by atoms with Gasteiger partial charge in [0.25, 0.3) is 0 Å². The third-order valence-electron chi connectivity index (χ3n) is 4.34. The van der Waals surface area contributed by atoms with Gasteiger partial charge in [-0.2, -0.15) is 0 Å². The third-order valence-corrected chi connectivity index (χ3v) is 4.45. The fraction of sp³-hybridized carbons (Fsp3) is 0.727. The van der Waals surface area contributed by atoms with Crippen molar-refractivity contribution in [1.82, 2.24) is 5.32 Å². The van der Waals surface area contributed by atoms with Gasteiger partial charge in [-0.3, -0.25) is 0 Å². The van der Waals surface area contributed by atoms with Crippen molar-refractivity contribution in [2.24, 2.45) is 29.4 Å². The van der Waals surface area contributed by atoms with E-state index in [2.05, 4.69) is 17.5 Å². The zero-order valence-electron chi connectivity index (χ0n) is 8.15. The SMILES string of the molecule is NC(=S)N[C@@H]1C[C@H]2C[C@H]1[C@@H]1C=CC[C@H]21. The van der Waals surface area contributed by atoms with Gasteiger partial charge in [0.15, 0.2) is 5.11 Å². The first-order chi connectivity index (χ1) is 6.75. The van der Waals surface area contributed by atoms with Crippen molar-refractivity contribution in [1.29, 1.82) is 0 Å². The molecule has 0 aromatic rings. The molecular weight excluding hydrogens is 192 g/mol. The van der Waals surface area contributed by atoms with Crippen LogP contribution in [-0.2, 0) is 0 Å². The predicted octanol–water partition coefficient (Wildman–Crippen LogP) is 1.42. The van der Waals surface area contributed by atoms with E-state index in [1.807, 2.05) is 0 Å². The average Bonchev–Trinajstić information content (AvgIpc) is 2.68. The Balaban J connectivity index is 1.76. The smallest absolute Gasteiger partial charge is 0.163 e. The first kappa shape index (κ1) is 8.72. The lowest BCUT2D eigenvalue weighted by Gasteiger charge is -2.31. The summed E-state index contributed by atoms with van der Waals surface area (Å²) < 4.78 is 0. The summed E-state index contributed by atoms with van der Waals surface area (Å²) in [6, 6.07) is 0.557. The molecule has 3 aliphatic carbocycles. The summed E-state index contributed by atoms with van der Waals surface area (Å²) in [6.07, 6.45) is 8.76. The lowest BCUT2D eigenvalue weighted by atomic mass is 9.79. The van der Waals surface area contributed by atoms with Crippen LogP contribution in [0.5, 0.6) is 0 Å². The van der Waals surface area contributed by atoms with Crippen molar-refractivity contribution in [2.45, 2.75) is 25.3 Å². The van der Waals surface area contributed by atoms with Crippen LogP contribution < -0.4 is 11.1 Å². The van der Waals surface area contributed by atoms with Crippen LogP contribution in [0, 0.1) is 23.7 Å². The number of allylic oxidation sites excluding steroid dienone is 2. The Bertz CT molecular complexity index is 300. The van der Waals surface area contributed by atoms with Gasteiger partial charge < -0.3 is 11.1 Å². The molecule has 0 aromatic heterocycles. The number of rotatable bonds is 1. The van der Waals surface area contributed by atoms with E-state index >= 15 is 0 Å². The van der Waals surface area contributed by atoms with Gasteiger partial charge in [-0.25, -0.2) is 0 Å². The van der Waals surface area contributed by atoms with Crippen LogP contribution in [0.25, 0.3) is 0 Å². The molecule has 0 amide bonds. The van der Waals surface area contributed by atoms with Gasteiger partial charge in [0.05, 0.1) is 0 Å². The lowest BCUT2D eigenvalue weighted by Crippen LogP contribution is -2.44. The molecule has 3 aliphatic rings. The molecule has 0 aliphatic heterocycles. The summed E-state index contributed by atoms with van der Waals surface area (Å²) in [4.78, 5) is 0. The molecule has 2 bridgehead atoms. The van der Waals surface area contributed by atoms with E-state index in [-0.39, 0.29) is 0 Å². The molecule has 0 aromatic carbocycles. The Hall–Kier alpha value is -0.570. The van der Waals surface area contributed by atoms with Crippen LogP contribution >= 0.6 is 12.2 Å². The molecule has 3 N–H and O–H groups in total. The van der Waals surface area contributed by atoms with Crippen molar-refractivity contribution in [2.75, 3.05) is 0 Å². The highest BCUT2D eigenvalue weighted by atomic mass is 32.1. The fourth-order valence-corrected chi connectivity index (χ4v) is 4.05. The highest BCUT2D eigenvalue weighted by Crippen LogP contribution is 2.56.